The van der Waals surface area contributed by atoms with Gasteiger partial charge in [0.15, 0.2) is 0 Å². The molecule has 0 saturated heterocycles. The summed E-state index contributed by atoms with van der Waals surface area (Å²) in [6.45, 7) is 2.33. The topological polar surface area (TPSA) is 95.7 Å². The molecule has 6 rings (SSSR count). The van der Waals surface area contributed by atoms with Gasteiger partial charge in [0.05, 0.1) is 30.0 Å². The molecule has 1 saturated carbocycles. The molecule has 0 spiro atoms. The van der Waals surface area contributed by atoms with Crippen molar-refractivity contribution in [1.82, 2.24) is 5.32 Å². The van der Waals surface area contributed by atoms with Crippen molar-refractivity contribution in [3.05, 3.63) is 114 Å². The first-order valence-electron chi connectivity index (χ1n) is 18.1. The van der Waals surface area contributed by atoms with Gasteiger partial charge in [0.25, 0.3) is 5.91 Å². The van der Waals surface area contributed by atoms with Gasteiger partial charge in [-0.15, -0.1) is 0 Å². The Hall–Kier alpha value is -5.12. The molecule has 1 unspecified atom stereocenters. The molecule has 0 bridgehead atoms. The number of para-hydroxylation sites is 3. The summed E-state index contributed by atoms with van der Waals surface area (Å²) >= 11 is 0. The van der Waals surface area contributed by atoms with Gasteiger partial charge >= 0.3 is 6.18 Å². The van der Waals surface area contributed by atoms with Crippen molar-refractivity contribution >= 4 is 34.8 Å². The number of hydrogen-bond donors (Lipinski definition) is 2. The van der Waals surface area contributed by atoms with Crippen LogP contribution < -0.4 is 20.9 Å². The Bertz CT molecular complexity index is 1860. The molecule has 1 aliphatic heterocycles. The van der Waals surface area contributed by atoms with E-state index in [0.29, 0.717) is 35.6 Å². The number of nitrogens with one attached hydrogen (secondary N) is 1. The highest BCUT2D eigenvalue weighted by molar-refractivity contribution is 6.04. The second-order valence-electron chi connectivity index (χ2n) is 14.0. The number of anilines is 3. The van der Waals surface area contributed by atoms with Crippen LogP contribution in [0.4, 0.5) is 30.2 Å². The highest BCUT2D eigenvalue weighted by Gasteiger charge is 2.40. The van der Waals surface area contributed by atoms with Gasteiger partial charge in [0.1, 0.15) is 6.04 Å². The van der Waals surface area contributed by atoms with E-state index in [1.54, 1.807) is 4.90 Å². The molecular formula is C42H45F3N4O3. The number of alkyl halides is 3. The van der Waals surface area contributed by atoms with Crippen molar-refractivity contribution in [1.29, 1.82) is 0 Å². The minimum Gasteiger partial charge on any atom is -0.369 e. The second-order valence-corrected chi connectivity index (χ2v) is 14.0. The molecule has 7 nitrogen and oxygen atoms in total. The summed E-state index contributed by atoms with van der Waals surface area (Å²) < 4.78 is 39.7. The molecule has 4 aromatic carbocycles. The Labute approximate surface area is 303 Å². The quantitative estimate of drug-likeness (QED) is 0.145. The van der Waals surface area contributed by atoms with Crippen molar-refractivity contribution in [3.63, 3.8) is 0 Å². The van der Waals surface area contributed by atoms with Crippen LogP contribution in [0.2, 0.25) is 0 Å². The lowest BCUT2D eigenvalue weighted by molar-refractivity contribution is -0.137. The van der Waals surface area contributed by atoms with Gasteiger partial charge in [-0.3, -0.25) is 14.4 Å². The van der Waals surface area contributed by atoms with Gasteiger partial charge < -0.3 is 20.9 Å². The first-order chi connectivity index (χ1) is 25.0. The lowest BCUT2D eigenvalue weighted by Gasteiger charge is -2.34. The average Bonchev–Trinajstić information content (AvgIpc) is 3.23. The van der Waals surface area contributed by atoms with E-state index in [4.69, 9.17) is 5.73 Å². The number of nitrogens with zero attached hydrogens (tertiary/aromatic N) is 2. The smallest absolute Gasteiger partial charge is 0.369 e. The molecule has 2 aliphatic rings. The molecule has 52 heavy (non-hydrogen) atoms. The van der Waals surface area contributed by atoms with E-state index in [2.05, 4.69) is 5.32 Å². The Morgan fingerprint density at radius 1 is 0.865 bits per heavy atom. The molecule has 1 aliphatic carbocycles. The molecule has 0 radical (unpaired) electrons. The van der Waals surface area contributed by atoms with E-state index in [1.165, 1.54) is 12.1 Å². The zero-order valence-electron chi connectivity index (χ0n) is 29.3. The summed E-state index contributed by atoms with van der Waals surface area (Å²) in [7, 11) is 0. The number of fused-ring (bicyclic) bond motifs is 1. The number of hydrogen-bond acceptors (Lipinski definition) is 4. The summed E-state index contributed by atoms with van der Waals surface area (Å²) in [6, 6.07) is 28.7. The maximum atomic E-state index is 14.8. The zero-order chi connectivity index (χ0) is 36.8. The van der Waals surface area contributed by atoms with Crippen LogP contribution in [0, 0.1) is 17.8 Å². The number of amides is 3. The second kappa shape index (κ2) is 16.0. The molecule has 3 atom stereocenters. The van der Waals surface area contributed by atoms with Crippen LogP contribution in [0.15, 0.2) is 103 Å². The SMILES string of the molecule is CCCC[C@H](C(N)=O)[C@@H](CC1CCC1)C(=O)NC1CN(c2ccccc2)c2ccccc2N(Cc2cccc(-c3ccc(C(F)(F)F)cc3)c2)C1=O. The lowest BCUT2D eigenvalue weighted by atomic mass is 9.73. The number of benzene rings is 4. The monoisotopic (exact) mass is 710 g/mol. The third-order valence-electron chi connectivity index (χ3n) is 10.5. The normalized spacial score (nSPS) is 17.5. The van der Waals surface area contributed by atoms with E-state index in [1.807, 2.05) is 90.7 Å². The summed E-state index contributed by atoms with van der Waals surface area (Å²) in [5.74, 6) is -2.09. The third-order valence-corrected chi connectivity index (χ3v) is 10.5. The first-order valence-corrected chi connectivity index (χ1v) is 18.1. The fourth-order valence-corrected chi connectivity index (χ4v) is 7.38. The minimum absolute atomic E-state index is 0.144. The molecule has 0 aromatic heterocycles. The van der Waals surface area contributed by atoms with E-state index in [-0.39, 0.29) is 24.9 Å². The van der Waals surface area contributed by atoms with E-state index in [9.17, 15) is 27.6 Å². The van der Waals surface area contributed by atoms with Crippen LogP contribution in [0.25, 0.3) is 11.1 Å². The standard InChI is InChI=1S/C42H45F3N4O3/c1-2-3-17-34(39(46)50)35(25-28-11-9-12-28)40(51)47-36-27-48(33-15-5-4-6-16-33)37-18-7-8-19-38(37)49(41(36)52)26-29-13-10-14-31(24-29)30-20-22-32(23-21-30)42(43,44)45/h4-8,10,13-16,18-24,28,34-36H,2-3,9,11-12,17,25-27H2,1H3,(H2,46,50)(H,47,51)/t34-,35+,36?/m0/s1. The highest BCUT2D eigenvalue weighted by Crippen LogP contribution is 2.40. The molecule has 272 valence electrons. The van der Waals surface area contributed by atoms with E-state index < -0.39 is 35.5 Å². The van der Waals surface area contributed by atoms with Crippen molar-refractivity contribution in [2.45, 2.75) is 70.6 Å². The fourth-order valence-electron chi connectivity index (χ4n) is 7.38. The van der Waals surface area contributed by atoms with Gasteiger partial charge in [-0.25, -0.2) is 0 Å². The Morgan fingerprint density at radius 3 is 2.19 bits per heavy atom. The van der Waals surface area contributed by atoms with Crippen LogP contribution in [0.3, 0.4) is 0 Å². The number of carbonyl (C=O) groups excluding carboxylic acids is 3. The third kappa shape index (κ3) is 8.33. The Kier molecular flexibility index (Phi) is 11.3. The predicted molar refractivity (Wildman–Crippen MR) is 198 cm³/mol. The lowest BCUT2D eigenvalue weighted by Crippen LogP contribution is -2.54. The summed E-state index contributed by atoms with van der Waals surface area (Å²) in [5, 5.41) is 3.11. The van der Waals surface area contributed by atoms with E-state index >= 15 is 0 Å². The zero-order valence-corrected chi connectivity index (χ0v) is 29.3. The van der Waals surface area contributed by atoms with Gasteiger partial charge in [-0.05, 0) is 77.9 Å². The summed E-state index contributed by atoms with van der Waals surface area (Å²) in [6.07, 6.45) is 1.35. The number of primary amides is 1. The van der Waals surface area contributed by atoms with Crippen molar-refractivity contribution in [2.24, 2.45) is 23.5 Å². The minimum atomic E-state index is -4.44. The summed E-state index contributed by atoms with van der Waals surface area (Å²) in [5.41, 5.74) is 9.56. The largest absolute Gasteiger partial charge is 0.416 e. The molecule has 10 heteroatoms. The number of unbranched alkanes of at least 4 members (excludes halogenated alkanes) is 1. The van der Waals surface area contributed by atoms with Gasteiger partial charge in [-0.2, -0.15) is 13.2 Å². The maximum Gasteiger partial charge on any atom is 0.416 e. The van der Waals surface area contributed by atoms with Crippen molar-refractivity contribution in [2.75, 3.05) is 16.3 Å². The van der Waals surface area contributed by atoms with Crippen LogP contribution in [-0.4, -0.2) is 30.3 Å². The Balaban J connectivity index is 1.35. The number of halogens is 3. The van der Waals surface area contributed by atoms with Gasteiger partial charge in [0, 0.05) is 17.5 Å². The Morgan fingerprint density at radius 2 is 1.56 bits per heavy atom. The van der Waals surface area contributed by atoms with Crippen LogP contribution >= 0.6 is 0 Å². The van der Waals surface area contributed by atoms with Crippen molar-refractivity contribution in [3.8, 4) is 11.1 Å². The molecule has 1 heterocycles. The number of rotatable bonds is 13. The van der Waals surface area contributed by atoms with Crippen LogP contribution in [-0.2, 0) is 27.1 Å². The highest BCUT2D eigenvalue weighted by atomic mass is 19.4. The molecule has 4 aromatic rings. The van der Waals surface area contributed by atoms with Crippen LogP contribution in [0.1, 0.15) is 63.0 Å². The maximum absolute atomic E-state index is 14.8. The van der Waals surface area contributed by atoms with Gasteiger partial charge in [0.2, 0.25) is 11.8 Å². The number of carbonyl (C=O) groups is 3. The fraction of sp³-hybridized carbons (Fsp3) is 0.357. The molecule has 3 N–H and O–H groups in total. The summed E-state index contributed by atoms with van der Waals surface area (Å²) in [4.78, 5) is 45.6. The predicted octanol–water partition coefficient (Wildman–Crippen LogP) is 8.64. The average molecular weight is 711 g/mol. The molecule has 1 fully saturated rings. The van der Waals surface area contributed by atoms with Gasteiger partial charge in [-0.1, -0.05) is 99.7 Å². The number of nitrogens with two attached hydrogens (primary N) is 1. The van der Waals surface area contributed by atoms with Crippen molar-refractivity contribution < 1.29 is 27.6 Å². The van der Waals surface area contributed by atoms with E-state index in [0.717, 1.165) is 61.2 Å². The van der Waals surface area contributed by atoms with Crippen LogP contribution in [0.5, 0.6) is 0 Å². The molecule has 3 amide bonds. The molecular weight excluding hydrogens is 665 g/mol. The first kappa shape index (κ1) is 36.7.